The maximum atomic E-state index is 13.9. The third-order valence-corrected chi connectivity index (χ3v) is 8.77. The number of nitrogens with one attached hydrogen (secondary N) is 1. The number of aromatic hydroxyl groups is 1. The smallest absolute Gasteiger partial charge is 0.255 e. The van der Waals surface area contributed by atoms with Crippen molar-refractivity contribution in [2.75, 3.05) is 40.3 Å². The highest BCUT2D eigenvalue weighted by atomic mass is 16.7. The quantitative estimate of drug-likeness (QED) is 0.226. The highest BCUT2D eigenvalue weighted by molar-refractivity contribution is 6.24. The summed E-state index contributed by atoms with van der Waals surface area (Å²) in [6.45, 7) is 3.53. The van der Waals surface area contributed by atoms with Crippen molar-refractivity contribution >= 4 is 29.1 Å². The van der Waals surface area contributed by atoms with Gasteiger partial charge in [0.1, 0.15) is 29.4 Å². The average molecular weight is 585 g/mol. The Labute approximate surface area is 242 Å². The molecule has 2 amide bonds. The number of carbonyl (C=O) groups is 4. The van der Waals surface area contributed by atoms with E-state index in [-0.39, 0.29) is 55.1 Å². The number of hydrogen-bond donors (Lipinski definition) is 6. The van der Waals surface area contributed by atoms with Gasteiger partial charge in [-0.2, -0.15) is 5.06 Å². The van der Waals surface area contributed by atoms with Crippen molar-refractivity contribution in [3.63, 3.8) is 0 Å². The summed E-state index contributed by atoms with van der Waals surface area (Å²) < 4.78 is 0. The number of ketones is 2. The van der Waals surface area contributed by atoms with Crippen LogP contribution in [-0.4, -0.2) is 106 Å². The summed E-state index contributed by atoms with van der Waals surface area (Å²) in [5.41, 5.74) is 2.61. The number of Topliss-reactive ketones (excluding diaryl/α,β-unsaturated/α-hetero) is 2. The second-order valence-corrected chi connectivity index (χ2v) is 11.9. The zero-order valence-corrected chi connectivity index (χ0v) is 23.7. The van der Waals surface area contributed by atoms with Crippen LogP contribution in [0.4, 0.5) is 0 Å². The van der Waals surface area contributed by atoms with Gasteiger partial charge in [-0.25, -0.2) is 0 Å². The maximum Gasteiger partial charge on any atom is 0.255 e. The zero-order valence-electron chi connectivity index (χ0n) is 23.7. The Balaban J connectivity index is 1.43. The molecular formula is C29H36N4O9. The van der Waals surface area contributed by atoms with Crippen molar-refractivity contribution in [1.29, 1.82) is 0 Å². The lowest BCUT2D eigenvalue weighted by Crippen LogP contribution is -2.65. The fourth-order valence-electron chi connectivity index (χ4n) is 6.81. The van der Waals surface area contributed by atoms with Crippen molar-refractivity contribution in [2.45, 2.75) is 37.8 Å². The van der Waals surface area contributed by atoms with Gasteiger partial charge in [0.05, 0.1) is 18.2 Å². The molecule has 5 rings (SSSR count). The highest BCUT2D eigenvalue weighted by Crippen LogP contribution is 2.52. The van der Waals surface area contributed by atoms with Gasteiger partial charge in [0.15, 0.2) is 11.4 Å². The summed E-state index contributed by atoms with van der Waals surface area (Å²) >= 11 is 0. The largest absolute Gasteiger partial charge is 0.508 e. The first-order valence-corrected chi connectivity index (χ1v) is 13.9. The predicted molar refractivity (Wildman–Crippen MR) is 148 cm³/mol. The standard InChI is InChI=1S/C29H36N4O9/c1-13-10-33(42-12-13)11-18(34)31-7-6-14-4-5-15-8-16-9-17-22(32(2)3)25(37)21(28(30)40)27(39)29(17,41)26(38)20(16)24(36)19(15)23(14)35/h4-5,13,16-17,22,35-36,39,41H,6-12H2,1-3H3,(H2,30,40)(H,31,34)/t13?,16?,17?,22-,29-/m0/s1. The molecule has 2 fully saturated rings. The summed E-state index contributed by atoms with van der Waals surface area (Å²) in [4.78, 5) is 58.3. The molecule has 5 atom stereocenters. The minimum absolute atomic E-state index is 0.0228. The molecule has 3 aliphatic carbocycles. The second kappa shape index (κ2) is 10.8. The summed E-state index contributed by atoms with van der Waals surface area (Å²) in [6.07, 6.45) is 0.472. The van der Waals surface area contributed by atoms with E-state index in [2.05, 4.69) is 5.32 Å². The van der Waals surface area contributed by atoms with E-state index in [1.54, 1.807) is 31.3 Å². The predicted octanol–water partition coefficient (Wildman–Crippen LogP) is -0.494. The van der Waals surface area contributed by atoms with E-state index in [0.717, 1.165) is 0 Å². The number of benzene rings is 1. The van der Waals surface area contributed by atoms with Crippen molar-refractivity contribution in [3.05, 3.63) is 45.7 Å². The first kappa shape index (κ1) is 29.7. The minimum Gasteiger partial charge on any atom is -0.508 e. The topological polar surface area (TPSA) is 203 Å². The lowest BCUT2D eigenvalue weighted by atomic mass is 9.57. The number of carbonyl (C=O) groups excluding carboxylic acids is 4. The Morgan fingerprint density at radius 1 is 1.21 bits per heavy atom. The summed E-state index contributed by atoms with van der Waals surface area (Å²) in [5.74, 6) is -6.73. The number of hydroxylamine groups is 2. The van der Waals surface area contributed by atoms with Gasteiger partial charge >= 0.3 is 0 Å². The van der Waals surface area contributed by atoms with Gasteiger partial charge in [-0.1, -0.05) is 19.1 Å². The Hall–Kier alpha value is -3.78. The third-order valence-electron chi connectivity index (χ3n) is 8.77. The molecule has 13 nitrogen and oxygen atoms in total. The molecule has 0 aromatic heterocycles. The Kier molecular flexibility index (Phi) is 7.64. The normalized spacial score (nSPS) is 29.5. The van der Waals surface area contributed by atoms with E-state index in [9.17, 15) is 39.6 Å². The molecule has 0 radical (unpaired) electrons. The van der Waals surface area contributed by atoms with Crippen molar-refractivity contribution in [1.82, 2.24) is 15.3 Å². The fraction of sp³-hybridized carbons (Fsp3) is 0.517. The second-order valence-electron chi connectivity index (χ2n) is 11.9. The Morgan fingerprint density at radius 3 is 2.55 bits per heavy atom. The van der Waals surface area contributed by atoms with Gasteiger partial charge in [0.2, 0.25) is 11.7 Å². The van der Waals surface area contributed by atoms with Gasteiger partial charge in [-0.15, -0.1) is 0 Å². The first-order chi connectivity index (χ1) is 19.8. The van der Waals surface area contributed by atoms with Gasteiger partial charge < -0.3 is 31.5 Å². The zero-order chi connectivity index (χ0) is 30.7. The van der Waals surface area contributed by atoms with Crippen molar-refractivity contribution in [3.8, 4) is 5.75 Å². The molecule has 1 saturated carbocycles. The Morgan fingerprint density at radius 2 is 1.93 bits per heavy atom. The summed E-state index contributed by atoms with van der Waals surface area (Å²) in [7, 11) is 3.10. The molecule has 4 aliphatic rings. The Bertz CT molecular complexity index is 1430. The van der Waals surface area contributed by atoms with Gasteiger partial charge in [0.25, 0.3) is 5.91 Å². The fourth-order valence-corrected chi connectivity index (χ4v) is 6.81. The molecule has 42 heavy (non-hydrogen) atoms. The monoisotopic (exact) mass is 584 g/mol. The number of aliphatic hydroxyl groups is 3. The number of amides is 2. The lowest BCUT2D eigenvalue weighted by Gasteiger charge is -2.50. The van der Waals surface area contributed by atoms with E-state index < -0.39 is 58.0 Å². The van der Waals surface area contributed by atoms with Crippen LogP contribution in [0.1, 0.15) is 30.0 Å². The minimum atomic E-state index is -2.68. The third kappa shape index (κ3) is 4.66. The molecule has 1 aromatic carbocycles. The van der Waals surface area contributed by atoms with Crippen LogP contribution in [0.25, 0.3) is 5.76 Å². The number of phenols is 1. The molecule has 226 valence electrons. The van der Waals surface area contributed by atoms with Crippen LogP contribution in [0.3, 0.4) is 0 Å². The van der Waals surface area contributed by atoms with E-state index in [1.165, 1.54) is 4.90 Å². The van der Waals surface area contributed by atoms with Gasteiger partial charge in [-0.05, 0) is 56.3 Å². The van der Waals surface area contributed by atoms with E-state index in [1.807, 2.05) is 6.92 Å². The molecule has 1 saturated heterocycles. The number of hydrogen-bond acceptors (Lipinski definition) is 11. The van der Waals surface area contributed by atoms with Crippen LogP contribution in [0.2, 0.25) is 0 Å². The average Bonchev–Trinajstić information content (AvgIpc) is 3.31. The van der Waals surface area contributed by atoms with Crippen LogP contribution >= 0.6 is 0 Å². The number of phenolic OH excluding ortho intramolecular Hbond substituents is 1. The molecular weight excluding hydrogens is 548 g/mol. The highest BCUT2D eigenvalue weighted by Gasteiger charge is 2.64. The number of primary amides is 1. The molecule has 0 spiro atoms. The van der Waals surface area contributed by atoms with E-state index in [4.69, 9.17) is 10.6 Å². The van der Waals surface area contributed by atoms with Crippen LogP contribution in [-0.2, 0) is 36.9 Å². The SMILES string of the molecule is CC1CON(CC(=O)NCCc2ccc3c(c2O)C(O)=C2C(=O)[C@]4(O)C(O)=C(C(N)=O)C(=O)[C@@H](N(C)C)C4CC2C3)C1. The molecule has 0 bridgehead atoms. The van der Waals surface area contributed by atoms with Crippen LogP contribution in [0.15, 0.2) is 29.0 Å². The number of rotatable bonds is 7. The number of fused-ring (bicyclic) bond motifs is 3. The van der Waals surface area contributed by atoms with Gasteiger partial charge in [0, 0.05) is 24.6 Å². The van der Waals surface area contributed by atoms with Crippen molar-refractivity contribution < 1.29 is 44.4 Å². The maximum absolute atomic E-state index is 13.9. The lowest BCUT2D eigenvalue weighted by molar-refractivity contribution is -0.153. The number of likely N-dealkylation sites (N-methyl/N-ethyl adjacent to an activating group) is 1. The molecule has 1 aromatic rings. The number of nitrogens with two attached hydrogens (primary N) is 1. The van der Waals surface area contributed by atoms with Gasteiger partial charge in [-0.3, -0.25) is 28.9 Å². The van der Waals surface area contributed by atoms with E-state index >= 15 is 0 Å². The number of aliphatic hydroxyl groups excluding tert-OH is 2. The molecule has 1 heterocycles. The van der Waals surface area contributed by atoms with Crippen LogP contribution in [0.5, 0.6) is 5.75 Å². The molecule has 3 unspecified atom stereocenters. The number of nitrogens with zero attached hydrogens (tertiary/aromatic N) is 2. The first-order valence-electron chi connectivity index (χ1n) is 13.9. The molecule has 1 aliphatic heterocycles. The summed E-state index contributed by atoms with van der Waals surface area (Å²) in [5, 5.41) is 49.5. The molecule has 13 heteroatoms. The van der Waals surface area contributed by atoms with E-state index in [0.29, 0.717) is 30.2 Å². The van der Waals surface area contributed by atoms with Crippen LogP contribution in [0, 0.1) is 17.8 Å². The van der Waals surface area contributed by atoms with Crippen molar-refractivity contribution in [2.24, 2.45) is 23.5 Å². The summed E-state index contributed by atoms with van der Waals surface area (Å²) in [6, 6.07) is 2.28. The molecule has 7 N–H and O–H groups in total. The van der Waals surface area contributed by atoms with Crippen LogP contribution < -0.4 is 11.1 Å².